The van der Waals surface area contributed by atoms with Gasteiger partial charge in [0.25, 0.3) is 0 Å². The Labute approximate surface area is 116 Å². The number of rotatable bonds is 4. The Morgan fingerprint density at radius 2 is 2.39 bits per heavy atom. The van der Waals surface area contributed by atoms with E-state index in [0.717, 1.165) is 34.4 Å². The Bertz CT molecular complexity index is 406. The Hall–Kier alpha value is -0.650. The second-order valence-corrected chi connectivity index (χ2v) is 6.46. The molecule has 1 aliphatic rings. The minimum atomic E-state index is -0.0663. The summed E-state index contributed by atoms with van der Waals surface area (Å²) in [5.41, 5.74) is 0.923. The van der Waals surface area contributed by atoms with Crippen molar-refractivity contribution >= 4 is 35.1 Å². The smallest absolute Gasteiger partial charge is 0.242 e. The lowest BCUT2D eigenvalue weighted by atomic mass is 10.2. The Balaban J connectivity index is 2.01. The van der Waals surface area contributed by atoms with Gasteiger partial charge in [0, 0.05) is 22.9 Å². The van der Waals surface area contributed by atoms with Gasteiger partial charge in [-0.25, -0.2) is 0 Å². The third kappa shape index (κ3) is 3.67. The maximum absolute atomic E-state index is 12.1. The minimum Gasteiger partial charge on any atom is -0.324 e. The van der Waals surface area contributed by atoms with Gasteiger partial charge in [0.05, 0.1) is 11.7 Å². The first-order chi connectivity index (χ1) is 8.81. The predicted molar refractivity (Wildman–Crippen MR) is 80.6 cm³/mol. The molecule has 1 saturated heterocycles. The number of anilines is 1. The largest absolute Gasteiger partial charge is 0.324 e. The van der Waals surface area contributed by atoms with Crippen LogP contribution in [0, 0.1) is 0 Å². The molecule has 18 heavy (non-hydrogen) atoms. The molecule has 0 aliphatic carbocycles. The fourth-order valence-electron chi connectivity index (χ4n) is 1.80. The zero-order chi connectivity index (χ0) is 12.8. The summed E-state index contributed by atoms with van der Waals surface area (Å²) in [5.74, 6) is 3.03. The fraction of sp³-hybridized carbons (Fsp3) is 0.462. The maximum Gasteiger partial charge on any atom is 0.242 e. The Morgan fingerprint density at radius 3 is 3.11 bits per heavy atom. The summed E-state index contributed by atoms with van der Waals surface area (Å²) >= 11 is 3.58. The van der Waals surface area contributed by atoms with Gasteiger partial charge in [-0.2, -0.15) is 11.8 Å². The summed E-state index contributed by atoms with van der Waals surface area (Å²) < 4.78 is 0. The van der Waals surface area contributed by atoms with Crippen LogP contribution in [0.4, 0.5) is 5.69 Å². The quantitative estimate of drug-likeness (QED) is 0.832. The summed E-state index contributed by atoms with van der Waals surface area (Å²) in [6.45, 7) is 3.02. The Morgan fingerprint density at radius 1 is 1.56 bits per heavy atom. The highest BCUT2D eigenvalue weighted by Gasteiger charge is 2.21. The lowest BCUT2D eigenvalue weighted by Gasteiger charge is -2.22. The fourth-order valence-corrected chi connectivity index (χ4v) is 3.50. The molecule has 1 atom stereocenters. The van der Waals surface area contributed by atoms with Crippen LogP contribution in [0.2, 0.25) is 0 Å². The number of carbonyl (C=O) groups is 1. The molecule has 1 unspecified atom stereocenters. The van der Waals surface area contributed by atoms with Gasteiger partial charge in [-0.05, 0) is 17.9 Å². The van der Waals surface area contributed by atoms with Gasteiger partial charge in [-0.1, -0.05) is 19.1 Å². The standard InChI is InChI=1S/C13H18N2OS2/c1-2-18-12-6-4-3-5-10(12)15-13(16)11-9-17-8-7-14-11/h3-6,11,14H,2,7-9H2,1H3,(H,15,16). The molecule has 0 radical (unpaired) electrons. The van der Waals surface area contributed by atoms with Gasteiger partial charge in [0.1, 0.15) is 0 Å². The number of carbonyl (C=O) groups excluding carboxylic acids is 1. The minimum absolute atomic E-state index is 0.0663. The highest BCUT2D eigenvalue weighted by molar-refractivity contribution is 7.99. The zero-order valence-corrected chi connectivity index (χ0v) is 12.1. The third-order valence-electron chi connectivity index (χ3n) is 2.68. The van der Waals surface area contributed by atoms with E-state index >= 15 is 0 Å². The maximum atomic E-state index is 12.1. The van der Waals surface area contributed by atoms with Crippen molar-refractivity contribution in [2.24, 2.45) is 0 Å². The normalized spacial score (nSPS) is 19.5. The topological polar surface area (TPSA) is 41.1 Å². The van der Waals surface area contributed by atoms with Crippen LogP contribution >= 0.6 is 23.5 Å². The summed E-state index contributed by atoms with van der Waals surface area (Å²) in [4.78, 5) is 13.3. The van der Waals surface area contributed by atoms with E-state index in [2.05, 4.69) is 17.6 Å². The Kier molecular flexibility index (Phi) is 5.41. The first-order valence-corrected chi connectivity index (χ1v) is 8.29. The molecule has 1 aromatic carbocycles. The highest BCUT2D eigenvalue weighted by atomic mass is 32.2. The van der Waals surface area contributed by atoms with Gasteiger partial charge in [0.15, 0.2) is 0 Å². The van der Waals surface area contributed by atoms with E-state index in [9.17, 15) is 4.79 Å². The van der Waals surface area contributed by atoms with E-state index < -0.39 is 0 Å². The van der Waals surface area contributed by atoms with E-state index in [4.69, 9.17) is 0 Å². The lowest BCUT2D eigenvalue weighted by Crippen LogP contribution is -2.46. The van der Waals surface area contributed by atoms with Crippen molar-refractivity contribution in [1.29, 1.82) is 0 Å². The molecule has 1 fully saturated rings. The molecule has 1 amide bonds. The molecule has 0 bridgehead atoms. The number of hydrogen-bond acceptors (Lipinski definition) is 4. The van der Waals surface area contributed by atoms with Crippen LogP contribution in [-0.2, 0) is 4.79 Å². The highest BCUT2D eigenvalue weighted by Crippen LogP contribution is 2.26. The van der Waals surface area contributed by atoms with E-state index in [1.807, 2.05) is 36.0 Å². The molecule has 2 N–H and O–H groups in total. The average molecular weight is 282 g/mol. The second-order valence-electron chi connectivity index (χ2n) is 4.00. The van der Waals surface area contributed by atoms with Crippen LogP contribution in [0.1, 0.15) is 6.92 Å². The first-order valence-electron chi connectivity index (χ1n) is 6.15. The van der Waals surface area contributed by atoms with Crippen molar-refractivity contribution in [3.63, 3.8) is 0 Å². The molecule has 5 heteroatoms. The molecule has 0 spiro atoms. The molecule has 2 rings (SSSR count). The molecule has 98 valence electrons. The molecular formula is C13H18N2OS2. The number of amides is 1. The van der Waals surface area contributed by atoms with E-state index in [0.29, 0.717) is 0 Å². The van der Waals surface area contributed by atoms with Crippen molar-refractivity contribution in [1.82, 2.24) is 5.32 Å². The summed E-state index contributed by atoms with van der Waals surface area (Å²) in [6, 6.07) is 7.91. The van der Waals surface area contributed by atoms with Crippen LogP contribution in [0.25, 0.3) is 0 Å². The molecule has 1 heterocycles. The second kappa shape index (κ2) is 7.07. The molecule has 3 nitrogen and oxygen atoms in total. The average Bonchev–Trinajstić information content (AvgIpc) is 2.42. The molecule has 1 aromatic rings. The van der Waals surface area contributed by atoms with E-state index in [-0.39, 0.29) is 11.9 Å². The van der Waals surface area contributed by atoms with Crippen molar-refractivity contribution in [2.75, 3.05) is 29.1 Å². The van der Waals surface area contributed by atoms with Gasteiger partial charge < -0.3 is 10.6 Å². The van der Waals surface area contributed by atoms with Crippen LogP contribution in [-0.4, -0.2) is 35.8 Å². The third-order valence-corrected chi connectivity index (χ3v) is 4.70. The first kappa shape index (κ1) is 13.8. The summed E-state index contributed by atoms with van der Waals surface area (Å²) in [7, 11) is 0. The van der Waals surface area contributed by atoms with Crippen molar-refractivity contribution in [3.05, 3.63) is 24.3 Å². The van der Waals surface area contributed by atoms with Gasteiger partial charge in [-0.3, -0.25) is 4.79 Å². The predicted octanol–water partition coefficient (Wildman–Crippen LogP) is 2.44. The van der Waals surface area contributed by atoms with Crippen LogP contribution < -0.4 is 10.6 Å². The van der Waals surface area contributed by atoms with Crippen LogP contribution in [0.15, 0.2) is 29.2 Å². The summed E-state index contributed by atoms with van der Waals surface area (Å²) in [5, 5.41) is 6.28. The van der Waals surface area contributed by atoms with Gasteiger partial charge in [0.2, 0.25) is 5.91 Å². The monoisotopic (exact) mass is 282 g/mol. The van der Waals surface area contributed by atoms with Gasteiger partial charge in [-0.15, -0.1) is 11.8 Å². The molecule has 0 aromatic heterocycles. The van der Waals surface area contributed by atoms with Gasteiger partial charge >= 0.3 is 0 Å². The number of hydrogen-bond donors (Lipinski definition) is 2. The van der Waals surface area contributed by atoms with E-state index in [1.54, 1.807) is 11.8 Å². The van der Waals surface area contributed by atoms with Crippen molar-refractivity contribution < 1.29 is 4.79 Å². The number of thioether (sulfide) groups is 2. The van der Waals surface area contributed by atoms with Crippen LogP contribution in [0.5, 0.6) is 0 Å². The SMILES string of the molecule is CCSc1ccccc1NC(=O)C1CSCCN1. The lowest BCUT2D eigenvalue weighted by molar-refractivity contribution is -0.117. The van der Waals surface area contributed by atoms with E-state index in [1.165, 1.54) is 0 Å². The summed E-state index contributed by atoms with van der Waals surface area (Å²) in [6.07, 6.45) is 0. The van der Waals surface area contributed by atoms with Crippen molar-refractivity contribution in [3.8, 4) is 0 Å². The van der Waals surface area contributed by atoms with Crippen LogP contribution in [0.3, 0.4) is 0 Å². The molecule has 0 saturated carbocycles. The number of para-hydroxylation sites is 1. The van der Waals surface area contributed by atoms with Crippen molar-refractivity contribution in [2.45, 2.75) is 17.9 Å². The number of benzene rings is 1. The number of nitrogens with one attached hydrogen (secondary N) is 2. The molecular weight excluding hydrogens is 264 g/mol. The molecule has 1 aliphatic heterocycles. The zero-order valence-electron chi connectivity index (χ0n) is 10.4.